The quantitative estimate of drug-likeness (QED) is 0.651. The van der Waals surface area contributed by atoms with E-state index < -0.39 is 0 Å². The summed E-state index contributed by atoms with van der Waals surface area (Å²) in [6, 6.07) is 4.49. The topological polar surface area (TPSA) is 26.3 Å². The Bertz CT molecular complexity index is 581. The Kier molecular flexibility index (Phi) is 2.37. The van der Waals surface area contributed by atoms with Crippen molar-refractivity contribution in [3.8, 4) is 0 Å². The highest BCUT2D eigenvalue weighted by atomic mass is 16.5. The van der Waals surface area contributed by atoms with E-state index in [-0.39, 0.29) is 12.1 Å². The zero-order valence-corrected chi connectivity index (χ0v) is 11.3. The minimum Gasteiger partial charge on any atom is -0.454 e. The van der Waals surface area contributed by atoms with Gasteiger partial charge in [-0.1, -0.05) is 19.1 Å². The van der Waals surface area contributed by atoms with Crippen molar-refractivity contribution in [2.45, 2.75) is 46.1 Å². The first-order valence-electron chi connectivity index (χ1n) is 6.52. The van der Waals surface area contributed by atoms with Crippen molar-refractivity contribution in [3.63, 3.8) is 0 Å². The third-order valence-corrected chi connectivity index (χ3v) is 4.34. The van der Waals surface area contributed by atoms with Crippen LogP contribution >= 0.6 is 0 Å². The summed E-state index contributed by atoms with van der Waals surface area (Å²) in [6.45, 7) is 8.36. The molecule has 1 aliphatic carbocycles. The van der Waals surface area contributed by atoms with E-state index in [2.05, 4.69) is 32.9 Å². The molecule has 2 heteroatoms. The van der Waals surface area contributed by atoms with Crippen LogP contribution in [0.15, 0.2) is 17.7 Å². The second-order valence-corrected chi connectivity index (χ2v) is 5.59. The van der Waals surface area contributed by atoms with Gasteiger partial charge in [0, 0.05) is 11.1 Å². The summed E-state index contributed by atoms with van der Waals surface area (Å²) in [6.07, 6.45) is 0.885. The predicted molar refractivity (Wildman–Crippen MR) is 71.4 cm³/mol. The summed E-state index contributed by atoms with van der Waals surface area (Å²) in [5.41, 5.74) is 7.10. The van der Waals surface area contributed by atoms with Crippen LogP contribution in [0.25, 0.3) is 5.57 Å². The number of esters is 1. The van der Waals surface area contributed by atoms with Crippen LogP contribution in [0.3, 0.4) is 0 Å². The maximum atomic E-state index is 11.7. The fourth-order valence-corrected chi connectivity index (χ4v) is 3.10. The molecule has 1 aromatic carbocycles. The highest BCUT2D eigenvalue weighted by Crippen LogP contribution is 2.45. The molecule has 94 valence electrons. The standard InChI is InChI=1S/C16H18O2/c1-8-5-12-10(3)7-14-15(11(4)16(17)18-14)13(12)6-9(8)2/h5-6,10,14H,7H2,1-4H3. The molecule has 0 saturated carbocycles. The number of carbonyl (C=O) groups is 1. The molecule has 0 N–H and O–H groups in total. The maximum Gasteiger partial charge on any atom is 0.334 e. The molecule has 2 aliphatic rings. The summed E-state index contributed by atoms with van der Waals surface area (Å²) >= 11 is 0. The van der Waals surface area contributed by atoms with Crippen molar-refractivity contribution in [2.24, 2.45) is 0 Å². The molecule has 0 aromatic heterocycles. The predicted octanol–water partition coefficient (Wildman–Crippen LogP) is 3.51. The van der Waals surface area contributed by atoms with Gasteiger partial charge in [-0.15, -0.1) is 0 Å². The van der Waals surface area contributed by atoms with E-state index >= 15 is 0 Å². The molecule has 2 nitrogen and oxygen atoms in total. The Balaban J connectivity index is 2.27. The molecule has 0 saturated heterocycles. The molecule has 0 amide bonds. The SMILES string of the molecule is CC1=C2c3cc(C)c(C)cc3C(C)CC2OC1=O. The highest BCUT2D eigenvalue weighted by molar-refractivity contribution is 6.03. The smallest absolute Gasteiger partial charge is 0.334 e. The normalized spacial score (nSPS) is 25.9. The van der Waals surface area contributed by atoms with E-state index in [0.717, 1.165) is 17.6 Å². The van der Waals surface area contributed by atoms with Crippen LogP contribution < -0.4 is 0 Å². The van der Waals surface area contributed by atoms with Crippen LogP contribution in [0.2, 0.25) is 0 Å². The van der Waals surface area contributed by atoms with Gasteiger partial charge in [0.25, 0.3) is 0 Å². The molecule has 2 atom stereocenters. The van der Waals surface area contributed by atoms with Crippen LogP contribution in [0.1, 0.15) is 48.4 Å². The zero-order chi connectivity index (χ0) is 13.0. The molecule has 0 bridgehead atoms. The molecule has 3 rings (SSSR count). The molecular weight excluding hydrogens is 224 g/mol. The van der Waals surface area contributed by atoms with E-state index in [1.807, 2.05) is 6.92 Å². The zero-order valence-electron chi connectivity index (χ0n) is 11.3. The molecular formula is C16H18O2. The van der Waals surface area contributed by atoms with Crippen molar-refractivity contribution in [3.05, 3.63) is 40.0 Å². The van der Waals surface area contributed by atoms with Gasteiger partial charge in [0.15, 0.2) is 0 Å². The third-order valence-electron chi connectivity index (χ3n) is 4.34. The molecule has 1 aromatic rings. The van der Waals surface area contributed by atoms with Crippen LogP contribution in [-0.4, -0.2) is 12.1 Å². The van der Waals surface area contributed by atoms with E-state index in [1.165, 1.54) is 22.3 Å². The summed E-state index contributed by atoms with van der Waals surface area (Å²) in [4.78, 5) is 11.7. The lowest BCUT2D eigenvalue weighted by atomic mass is 9.77. The number of hydrogen-bond acceptors (Lipinski definition) is 2. The second kappa shape index (κ2) is 3.71. The average molecular weight is 242 g/mol. The van der Waals surface area contributed by atoms with Gasteiger partial charge >= 0.3 is 5.97 Å². The first-order valence-corrected chi connectivity index (χ1v) is 6.52. The average Bonchev–Trinajstić information content (AvgIpc) is 2.58. The van der Waals surface area contributed by atoms with Crippen molar-refractivity contribution in [1.82, 2.24) is 0 Å². The summed E-state index contributed by atoms with van der Waals surface area (Å²) in [5, 5.41) is 0. The van der Waals surface area contributed by atoms with Crippen LogP contribution in [0.4, 0.5) is 0 Å². The van der Waals surface area contributed by atoms with Crippen molar-refractivity contribution < 1.29 is 9.53 Å². The molecule has 1 aliphatic heterocycles. The number of hydrogen-bond donors (Lipinski definition) is 0. The number of aryl methyl sites for hydroxylation is 2. The van der Waals surface area contributed by atoms with Gasteiger partial charge in [0.1, 0.15) is 6.10 Å². The summed E-state index contributed by atoms with van der Waals surface area (Å²) in [7, 11) is 0. The van der Waals surface area contributed by atoms with Crippen LogP contribution in [0.5, 0.6) is 0 Å². The lowest BCUT2D eigenvalue weighted by molar-refractivity contribution is -0.139. The van der Waals surface area contributed by atoms with Gasteiger partial charge in [0.05, 0.1) is 0 Å². The van der Waals surface area contributed by atoms with Gasteiger partial charge in [0.2, 0.25) is 0 Å². The van der Waals surface area contributed by atoms with Gasteiger partial charge in [-0.2, -0.15) is 0 Å². The molecule has 18 heavy (non-hydrogen) atoms. The van der Waals surface area contributed by atoms with Gasteiger partial charge in [-0.25, -0.2) is 4.79 Å². The minimum atomic E-state index is -0.145. The number of carbonyl (C=O) groups excluding carboxylic acids is 1. The van der Waals surface area contributed by atoms with Crippen LogP contribution in [0, 0.1) is 13.8 Å². The summed E-state index contributed by atoms with van der Waals surface area (Å²) in [5.74, 6) is 0.306. The lowest BCUT2D eigenvalue weighted by Gasteiger charge is -2.29. The molecule has 1 heterocycles. The monoisotopic (exact) mass is 242 g/mol. The Hall–Kier alpha value is -1.57. The van der Waals surface area contributed by atoms with Gasteiger partial charge < -0.3 is 4.74 Å². The maximum absolute atomic E-state index is 11.7. The minimum absolute atomic E-state index is 0.0258. The van der Waals surface area contributed by atoms with Gasteiger partial charge in [-0.05, 0) is 55.4 Å². The van der Waals surface area contributed by atoms with E-state index in [4.69, 9.17) is 4.74 Å². The van der Waals surface area contributed by atoms with Crippen molar-refractivity contribution in [2.75, 3.05) is 0 Å². The second-order valence-electron chi connectivity index (χ2n) is 5.59. The molecule has 0 radical (unpaired) electrons. The highest BCUT2D eigenvalue weighted by Gasteiger charge is 2.38. The van der Waals surface area contributed by atoms with Crippen molar-refractivity contribution in [1.29, 1.82) is 0 Å². The van der Waals surface area contributed by atoms with E-state index in [1.54, 1.807) is 0 Å². The largest absolute Gasteiger partial charge is 0.454 e. The fourth-order valence-electron chi connectivity index (χ4n) is 3.10. The first-order chi connectivity index (χ1) is 8.49. The van der Waals surface area contributed by atoms with Crippen molar-refractivity contribution >= 4 is 11.5 Å². The van der Waals surface area contributed by atoms with Crippen LogP contribution in [-0.2, 0) is 9.53 Å². The lowest BCUT2D eigenvalue weighted by Crippen LogP contribution is -2.21. The number of ether oxygens (including phenoxy) is 1. The van der Waals surface area contributed by atoms with Gasteiger partial charge in [-0.3, -0.25) is 0 Å². The first kappa shape index (κ1) is 11.5. The Morgan fingerprint density at radius 2 is 1.83 bits per heavy atom. The Labute approximate surface area is 108 Å². The number of benzene rings is 1. The van der Waals surface area contributed by atoms with E-state index in [9.17, 15) is 4.79 Å². The van der Waals surface area contributed by atoms with E-state index in [0.29, 0.717) is 5.92 Å². The molecule has 0 spiro atoms. The fraction of sp³-hybridized carbons (Fsp3) is 0.438. The Morgan fingerprint density at radius 1 is 1.17 bits per heavy atom. The Morgan fingerprint density at radius 3 is 2.56 bits per heavy atom. The molecule has 2 unspecified atom stereocenters. The number of fused-ring (bicyclic) bond motifs is 3. The molecule has 0 fully saturated rings. The number of rotatable bonds is 0. The third kappa shape index (κ3) is 1.45. The summed E-state index contributed by atoms with van der Waals surface area (Å²) < 4.78 is 5.46.